The summed E-state index contributed by atoms with van der Waals surface area (Å²) in [6, 6.07) is 0.352. The largest absolute Gasteiger partial charge is 0.311 e. The lowest BCUT2D eigenvalue weighted by molar-refractivity contribution is 0.577. The average Bonchev–Trinajstić information content (AvgIpc) is 3.02. The Labute approximate surface area is 106 Å². The van der Waals surface area contributed by atoms with E-state index in [1.165, 1.54) is 18.7 Å². The highest BCUT2D eigenvalue weighted by Gasteiger charge is 2.41. The zero-order valence-electron chi connectivity index (χ0n) is 11.0. The maximum atomic E-state index is 4.88. The Morgan fingerprint density at radius 1 is 1.28 bits per heavy atom. The van der Waals surface area contributed by atoms with Crippen molar-refractivity contribution in [3.05, 3.63) is 11.4 Å². The molecule has 0 saturated heterocycles. The molecular weight excluding hydrogens is 226 g/mol. The molecule has 18 heavy (non-hydrogen) atoms. The lowest BCUT2D eigenvalue weighted by Crippen LogP contribution is -2.39. The first-order valence-corrected chi connectivity index (χ1v) is 6.63. The van der Waals surface area contributed by atoms with E-state index in [0.717, 1.165) is 29.5 Å². The molecule has 1 atom stereocenters. The Morgan fingerprint density at radius 2 is 2.06 bits per heavy atom. The van der Waals surface area contributed by atoms with Crippen LogP contribution in [0.4, 0.5) is 5.69 Å². The maximum Gasteiger partial charge on any atom is 0.157 e. The lowest BCUT2D eigenvalue weighted by atomic mass is 10.2. The topological polar surface area (TPSA) is 45.8 Å². The van der Waals surface area contributed by atoms with Crippen molar-refractivity contribution in [2.75, 3.05) is 6.54 Å². The molecule has 5 heteroatoms. The second kappa shape index (κ2) is 3.22. The summed E-state index contributed by atoms with van der Waals surface area (Å²) in [4.78, 5) is 12.0. The number of rotatable bonds is 1. The molecule has 3 heterocycles. The third kappa shape index (κ3) is 1.24. The van der Waals surface area contributed by atoms with Gasteiger partial charge in [0.25, 0.3) is 0 Å². The molecular formula is C13H17N5. The molecule has 1 aromatic rings. The van der Waals surface area contributed by atoms with Gasteiger partial charge in [0.1, 0.15) is 17.2 Å². The molecule has 0 radical (unpaired) electrons. The minimum absolute atomic E-state index is 0.352. The number of hydrogen-bond acceptors (Lipinski definition) is 4. The van der Waals surface area contributed by atoms with Crippen molar-refractivity contribution in [2.24, 2.45) is 23.0 Å². The summed E-state index contributed by atoms with van der Waals surface area (Å²) >= 11 is 0. The van der Waals surface area contributed by atoms with Gasteiger partial charge in [0, 0.05) is 19.5 Å². The zero-order valence-corrected chi connectivity index (χ0v) is 11.0. The first kappa shape index (κ1) is 10.3. The molecule has 0 bridgehead atoms. The van der Waals surface area contributed by atoms with Crippen LogP contribution in [0.3, 0.4) is 0 Å². The Kier molecular flexibility index (Phi) is 1.84. The molecule has 0 amide bonds. The summed E-state index contributed by atoms with van der Waals surface area (Å²) in [6.07, 6.45) is 2.54. The second-order valence-electron chi connectivity index (χ2n) is 5.56. The molecule has 1 fully saturated rings. The lowest BCUT2D eigenvalue weighted by Gasteiger charge is -2.26. The first-order chi connectivity index (χ1) is 8.65. The van der Waals surface area contributed by atoms with Crippen LogP contribution in [-0.2, 0) is 7.05 Å². The minimum Gasteiger partial charge on any atom is -0.311 e. The molecule has 1 aliphatic carbocycles. The highest BCUT2D eigenvalue weighted by Crippen LogP contribution is 2.40. The normalized spacial score (nSPS) is 25.7. The van der Waals surface area contributed by atoms with Crippen LogP contribution in [0.2, 0.25) is 0 Å². The molecule has 5 nitrogen and oxygen atoms in total. The number of nitrogens with zero attached hydrogens (tertiary/aromatic N) is 5. The van der Waals surface area contributed by atoms with Crippen molar-refractivity contribution in [3.63, 3.8) is 0 Å². The van der Waals surface area contributed by atoms with Crippen LogP contribution >= 0.6 is 0 Å². The van der Waals surface area contributed by atoms with E-state index in [2.05, 4.69) is 16.9 Å². The summed E-state index contributed by atoms with van der Waals surface area (Å²) in [6.45, 7) is 5.16. The van der Waals surface area contributed by atoms with E-state index >= 15 is 0 Å². The summed E-state index contributed by atoms with van der Waals surface area (Å²) < 4.78 is 1.92. The summed E-state index contributed by atoms with van der Waals surface area (Å²) in [5, 5.41) is 4.49. The van der Waals surface area contributed by atoms with E-state index in [1.807, 2.05) is 18.7 Å². The van der Waals surface area contributed by atoms with Gasteiger partial charge in [0.15, 0.2) is 5.84 Å². The highest BCUT2D eigenvalue weighted by atomic mass is 15.4. The fourth-order valence-electron chi connectivity index (χ4n) is 2.92. The predicted molar refractivity (Wildman–Crippen MR) is 70.5 cm³/mol. The molecule has 1 aromatic heterocycles. The van der Waals surface area contributed by atoms with E-state index in [-0.39, 0.29) is 0 Å². The van der Waals surface area contributed by atoms with Gasteiger partial charge in [-0.3, -0.25) is 9.67 Å². The summed E-state index contributed by atoms with van der Waals surface area (Å²) in [5.41, 5.74) is 3.12. The van der Waals surface area contributed by atoms with Gasteiger partial charge in [0.2, 0.25) is 0 Å². The molecule has 2 aliphatic heterocycles. The number of fused-ring (bicyclic) bond motifs is 3. The minimum atomic E-state index is 0.352. The quantitative estimate of drug-likeness (QED) is 0.752. The molecule has 3 aliphatic rings. The monoisotopic (exact) mass is 243 g/mol. The third-order valence-corrected chi connectivity index (χ3v) is 3.89. The van der Waals surface area contributed by atoms with Gasteiger partial charge in [-0.15, -0.1) is 0 Å². The number of hydrogen-bond donors (Lipinski definition) is 0. The number of aromatic nitrogens is 2. The van der Waals surface area contributed by atoms with Gasteiger partial charge in [0.05, 0.1) is 11.7 Å². The summed E-state index contributed by atoms with van der Waals surface area (Å²) in [5.74, 6) is 2.95. The number of aryl methyl sites for hydroxylation is 2. The van der Waals surface area contributed by atoms with Crippen molar-refractivity contribution in [1.82, 2.24) is 14.7 Å². The van der Waals surface area contributed by atoms with Crippen LogP contribution in [0.5, 0.6) is 0 Å². The van der Waals surface area contributed by atoms with E-state index < -0.39 is 0 Å². The molecule has 1 saturated carbocycles. The van der Waals surface area contributed by atoms with Crippen molar-refractivity contribution >= 4 is 17.4 Å². The molecule has 0 aromatic carbocycles. The van der Waals surface area contributed by atoms with E-state index in [1.54, 1.807) is 0 Å². The Morgan fingerprint density at radius 3 is 2.78 bits per heavy atom. The maximum absolute atomic E-state index is 4.88. The van der Waals surface area contributed by atoms with Crippen LogP contribution in [0.1, 0.15) is 31.2 Å². The summed E-state index contributed by atoms with van der Waals surface area (Å²) in [7, 11) is 1.98. The van der Waals surface area contributed by atoms with E-state index in [9.17, 15) is 0 Å². The average molecular weight is 243 g/mol. The number of aliphatic imine (C=N–C) groups is 2. The van der Waals surface area contributed by atoms with Gasteiger partial charge in [-0.05, 0) is 26.7 Å². The Balaban J connectivity index is 1.95. The fraction of sp³-hybridized carbons (Fsp3) is 0.615. The SMILES string of the molecule is Cc1nn(C)c2c1N=C(C1CC1)N1CC(C)N=C21. The van der Waals surface area contributed by atoms with Crippen LogP contribution < -0.4 is 0 Å². The van der Waals surface area contributed by atoms with Gasteiger partial charge in [-0.25, -0.2) is 4.99 Å². The smallest absolute Gasteiger partial charge is 0.157 e. The van der Waals surface area contributed by atoms with Crippen molar-refractivity contribution in [2.45, 2.75) is 32.7 Å². The molecule has 4 rings (SSSR count). The van der Waals surface area contributed by atoms with Crippen LogP contribution in [0.25, 0.3) is 0 Å². The standard InChI is InChI=1S/C13H17N5/c1-7-6-18-12(9-4-5-9)15-10-8(2)16-17(3)11(10)13(18)14-7/h7,9H,4-6H2,1-3H3. The zero-order chi connectivity index (χ0) is 12.4. The molecule has 0 spiro atoms. The van der Waals surface area contributed by atoms with Crippen molar-refractivity contribution in [3.8, 4) is 0 Å². The van der Waals surface area contributed by atoms with Crippen LogP contribution in [0.15, 0.2) is 9.98 Å². The third-order valence-electron chi connectivity index (χ3n) is 3.89. The highest BCUT2D eigenvalue weighted by molar-refractivity contribution is 6.16. The van der Waals surface area contributed by atoms with Crippen molar-refractivity contribution < 1.29 is 0 Å². The van der Waals surface area contributed by atoms with E-state index in [0.29, 0.717) is 12.0 Å². The molecule has 0 N–H and O–H groups in total. The van der Waals surface area contributed by atoms with Gasteiger partial charge >= 0.3 is 0 Å². The molecule has 94 valence electrons. The first-order valence-electron chi connectivity index (χ1n) is 6.63. The van der Waals surface area contributed by atoms with Crippen molar-refractivity contribution in [1.29, 1.82) is 0 Å². The predicted octanol–water partition coefficient (Wildman–Crippen LogP) is 1.63. The van der Waals surface area contributed by atoms with Crippen LogP contribution in [0, 0.1) is 12.8 Å². The fourth-order valence-corrected chi connectivity index (χ4v) is 2.92. The van der Waals surface area contributed by atoms with Gasteiger partial charge in [-0.2, -0.15) is 5.10 Å². The van der Waals surface area contributed by atoms with Gasteiger partial charge in [-0.1, -0.05) is 0 Å². The van der Waals surface area contributed by atoms with E-state index in [4.69, 9.17) is 9.98 Å². The Hall–Kier alpha value is -1.65. The van der Waals surface area contributed by atoms with Gasteiger partial charge < -0.3 is 4.90 Å². The Bertz CT molecular complexity index is 591. The van der Waals surface area contributed by atoms with Crippen LogP contribution in [-0.4, -0.2) is 38.9 Å². The number of amidine groups is 2. The molecule has 1 unspecified atom stereocenters. The second-order valence-corrected chi connectivity index (χ2v) is 5.56.